The number of para-hydroxylation sites is 1. The van der Waals surface area contributed by atoms with E-state index in [4.69, 9.17) is 14.2 Å². The third kappa shape index (κ3) is 9.04. The molecule has 0 fully saturated rings. The second-order valence-corrected chi connectivity index (χ2v) is 10.5. The number of carbonyl (C=O) groups excluding carboxylic acids is 4. The lowest BCUT2D eigenvalue weighted by molar-refractivity contribution is -0.146. The molecule has 1 aliphatic heterocycles. The predicted octanol–water partition coefficient (Wildman–Crippen LogP) is 4.54. The standard InChI is InChI=1S/C35H38N2O7/c1-42-28-16-14-26(15-17-28)24-37-20-8-9-21-44-32-13-7-6-12-29(32)31(38)23-27(22-25-10-4-3-5-11-25)34(40)36-30(35(41)43-2)18-19-33(37)39/h3-17,27,30H,18-24H2,1-2H3,(H,36,40)/b9-8+/t27-,30-/m0/s1. The fourth-order valence-electron chi connectivity index (χ4n) is 5.03. The molecule has 44 heavy (non-hydrogen) atoms. The van der Waals surface area contributed by atoms with E-state index in [1.165, 1.54) is 7.11 Å². The number of esters is 1. The summed E-state index contributed by atoms with van der Waals surface area (Å²) in [5.41, 5.74) is 2.15. The zero-order valence-corrected chi connectivity index (χ0v) is 25.1. The van der Waals surface area contributed by atoms with Crippen molar-refractivity contribution in [3.63, 3.8) is 0 Å². The van der Waals surface area contributed by atoms with Gasteiger partial charge >= 0.3 is 5.97 Å². The molecule has 4 rings (SSSR count). The van der Waals surface area contributed by atoms with Crippen LogP contribution in [0.1, 0.15) is 40.7 Å². The Morgan fingerprint density at radius 2 is 1.64 bits per heavy atom. The lowest BCUT2D eigenvalue weighted by Gasteiger charge is -2.24. The molecular weight excluding hydrogens is 560 g/mol. The van der Waals surface area contributed by atoms with E-state index in [2.05, 4.69) is 5.32 Å². The van der Waals surface area contributed by atoms with Gasteiger partial charge in [0.05, 0.1) is 19.8 Å². The summed E-state index contributed by atoms with van der Waals surface area (Å²) in [5.74, 6) is -1.23. The number of amides is 2. The average molecular weight is 599 g/mol. The molecule has 1 heterocycles. The predicted molar refractivity (Wildman–Crippen MR) is 165 cm³/mol. The largest absolute Gasteiger partial charge is 0.497 e. The first-order valence-corrected chi connectivity index (χ1v) is 14.6. The van der Waals surface area contributed by atoms with Crippen molar-refractivity contribution in [3.05, 3.63) is 108 Å². The van der Waals surface area contributed by atoms with Gasteiger partial charge in [0.1, 0.15) is 24.1 Å². The van der Waals surface area contributed by atoms with Gasteiger partial charge in [0.15, 0.2) is 5.78 Å². The van der Waals surface area contributed by atoms with Gasteiger partial charge in [-0.3, -0.25) is 14.4 Å². The lowest BCUT2D eigenvalue weighted by atomic mass is 9.90. The van der Waals surface area contributed by atoms with Crippen LogP contribution in [0.3, 0.4) is 0 Å². The molecule has 0 unspecified atom stereocenters. The Balaban J connectivity index is 1.63. The first-order chi connectivity index (χ1) is 21.4. The Hall–Kier alpha value is -4.92. The van der Waals surface area contributed by atoms with Crippen molar-refractivity contribution in [2.24, 2.45) is 5.92 Å². The van der Waals surface area contributed by atoms with Gasteiger partial charge in [0.25, 0.3) is 0 Å². The molecule has 0 aliphatic carbocycles. The monoisotopic (exact) mass is 598 g/mol. The van der Waals surface area contributed by atoms with Gasteiger partial charge in [0, 0.05) is 31.8 Å². The van der Waals surface area contributed by atoms with Crippen molar-refractivity contribution in [2.75, 3.05) is 27.4 Å². The van der Waals surface area contributed by atoms with Crippen LogP contribution in [0.4, 0.5) is 0 Å². The van der Waals surface area contributed by atoms with Crippen LogP contribution >= 0.6 is 0 Å². The molecule has 0 aromatic heterocycles. The lowest BCUT2D eigenvalue weighted by Crippen LogP contribution is -2.45. The van der Waals surface area contributed by atoms with Crippen LogP contribution in [0, 0.1) is 5.92 Å². The molecule has 1 aliphatic rings. The highest BCUT2D eigenvalue weighted by molar-refractivity contribution is 6.01. The number of nitrogens with zero attached hydrogens (tertiary/aromatic N) is 1. The van der Waals surface area contributed by atoms with E-state index in [1.807, 2.05) is 60.7 Å². The third-order valence-corrected chi connectivity index (χ3v) is 7.48. The Labute approximate surface area is 257 Å². The van der Waals surface area contributed by atoms with Crippen molar-refractivity contribution >= 4 is 23.6 Å². The maximum absolute atomic E-state index is 13.7. The summed E-state index contributed by atoms with van der Waals surface area (Å²) in [7, 11) is 2.83. The minimum Gasteiger partial charge on any atom is -0.497 e. The van der Waals surface area contributed by atoms with E-state index in [0.717, 1.165) is 11.1 Å². The zero-order valence-electron chi connectivity index (χ0n) is 25.1. The highest BCUT2D eigenvalue weighted by Crippen LogP contribution is 2.24. The van der Waals surface area contributed by atoms with E-state index >= 15 is 0 Å². The molecule has 2 amide bonds. The van der Waals surface area contributed by atoms with Gasteiger partial charge in [-0.2, -0.15) is 0 Å². The first kappa shape index (κ1) is 32.0. The molecule has 9 nitrogen and oxygen atoms in total. The van der Waals surface area contributed by atoms with Crippen LogP contribution < -0.4 is 14.8 Å². The summed E-state index contributed by atoms with van der Waals surface area (Å²) in [6.45, 7) is 0.816. The summed E-state index contributed by atoms with van der Waals surface area (Å²) in [6, 6.07) is 22.7. The van der Waals surface area contributed by atoms with Crippen LogP contribution in [0.2, 0.25) is 0 Å². The van der Waals surface area contributed by atoms with Crippen LogP contribution in [-0.2, 0) is 32.1 Å². The normalized spacial score (nSPS) is 19.1. The van der Waals surface area contributed by atoms with Crippen molar-refractivity contribution < 1.29 is 33.4 Å². The smallest absolute Gasteiger partial charge is 0.328 e. The summed E-state index contributed by atoms with van der Waals surface area (Å²) in [4.78, 5) is 55.1. The molecule has 230 valence electrons. The van der Waals surface area contributed by atoms with Gasteiger partial charge in [-0.1, -0.05) is 60.7 Å². The number of fused-ring (bicyclic) bond motifs is 1. The Morgan fingerprint density at radius 1 is 0.909 bits per heavy atom. The van der Waals surface area contributed by atoms with Crippen LogP contribution in [0.5, 0.6) is 11.5 Å². The number of methoxy groups -OCH3 is 2. The van der Waals surface area contributed by atoms with Crippen molar-refractivity contribution in [3.8, 4) is 11.5 Å². The van der Waals surface area contributed by atoms with E-state index in [-0.39, 0.29) is 44.0 Å². The maximum atomic E-state index is 13.7. The third-order valence-electron chi connectivity index (χ3n) is 7.48. The quantitative estimate of drug-likeness (QED) is 0.328. The van der Waals surface area contributed by atoms with Crippen LogP contribution in [0.15, 0.2) is 91.0 Å². The minimum atomic E-state index is -1.06. The molecule has 0 radical (unpaired) electrons. The average Bonchev–Trinajstić information content (AvgIpc) is 3.05. The van der Waals surface area contributed by atoms with E-state index in [0.29, 0.717) is 30.2 Å². The van der Waals surface area contributed by atoms with Crippen molar-refractivity contribution in [2.45, 2.75) is 38.3 Å². The van der Waals surface area contributed by atoms with Gasteiger partial charge in [-0.05, 0) is 54.3 Å². The molecule has 0 saturated carbocycles. The fourth-order valence-corrected chi connectivity index (χ4v) is 5.03. The first-order valence-electron chi connectivity index (χ1n) is 14.6. The Kier molecular flexibility index (Phi) is 11.7. The highest BCUT2D eigenvalue weighted by Gasteiger charge is 2.30. The highest BCUT2D eigenvalue weighted by atomic mass is 16.5. The van der Waals surface area contributed by atoms with Gasteiger partial charge in [-0.25, -0.2) is 4.79 Å². The summed E-state index contributed by atoms with van der Waals surface area (Å²) in [5, 5.41) is 2.78. The number of ether oxygens (including phenoxy) is 3. The van der Waals surface area contributed by atoms with Crippen molar-refractivity contribution in [1.29, 1.82) is 0 Å². The topological polar surface area (TPSA) is 111 Å². The second kappa shape index (κ2) is 16.1. The van der Waals surface area contributed by atoms with Gasteiger partial charge in [0.2, 0.25) is 11.8 Å². The molecule has 2 atom stereocenters. The number of benzene rings is 3. The summed E-state index contributed by atoms with van der Waals surface area (Å²) < 4.78 is 16.2. The number of rotatable bonds is 6. The summed E-state index contributed by atoms with van der Waals surface area (Å²) >= 11 is 0. The summed E-state index contributed by atoms with van der Waals surface area (Å²) in [6.07, 6.45) is 3.85. The van der Waals surface area contributed by atoms with Gasteiger partial charge < -0.3 is 24.4 Å². The molecule has 0 saturated heterocycles. The van der Waals surface area contributed by atoms with Crippen LogP contribution in [-0.4, -0.2) is 61.9 Å². The van der Waals surface area contributed by atoms with Crippen LogP contribution in [0.25, 0.3) is 0 Å². The molecule has 0 bridgehead atoms. The molecular formula is C35H38N2O7. The van der Waals surface area contributed by atoms with E-state index in [9.17, 15) is 19.2 Å². The Bertz CT molecular complexity index is 1450. The maximum Gasteiger partial charge on any atom is 0.328 e. The number of Topliss-reactive ketones (excluding diaryl/α,β-unsaturated/α-hetero) is 1. The fraction of sp³-hybridized carbons (Fsp3) is 0.314. The molecule has 1 N–H and O–H groups in total. The zero-order chi connectivity index (χ0) is 31.3. The van der Waals surface area contributed by atoms with Crippen molar-refractivity contribution in [1.82, 2.24) is 10.2 Å². The number of ketones is 1. The number of carbonyl (C=O) groups is 4. The van der Waals surface area contributed by atoms with Gasteiger partial charge in [-0.15, -0.1) is 0 Å². The number of hydrogen-bond acceptors (Lipinski definition) is 7. The molecule has 3 aromatic carbocycles. The second-order valence-electron chi connectivity index (χ2n) is 10.5. The SMILES string of the molecule is COC(=O)[C@@H]1CCC(=O)N(Cc2ccc(OC)cc2)C/C=C/COc2ccccc2C(=O)C[C@H](Cc2ccccc2)C(=O)N1. The Morgan fingerprint density at radius 3 is 2.36 bits per heavy atom. The molecule has 3 aromatic rings. The minimum absolute atomic E-state index is 0.00569. The number of hydrogen-bond donors (Lipinski definition) is 1. The molecule has 0 spiro atoms. The number of nitrogens with one attached hydrogen (secondary N) is 1. The molecule has 9 heteroatoms. The van der Waals surface area contributed by atoms with E-state index < -0.39 is 23.8 Å². The van der Waals surface area contributed by atoms with E-state index in [1.54, 1.807) is 42.4 Å².